The molecule has 9 nitrogen and oxygen atoms in total. The van der Waals surface area contributed by atoms with Gasteiger partial charge in [0.05, 0.1) is 11.1 Å². The smallest absolute Gasteiger partial charge is 0.253 e. The Morgan fingerprint density at radius 3 is 2.39 bits per heavy atom. The third-order valence-electron chi connectivity index (χ3n) is 5.88. The number of likely N-dealkylation sites (tertiary alicyclic amines) is 1. The van der Waals surface area contributed by atoms with Crippen LogP contribution >= 0.6 is 0 Å². The third-order valence-corrected chi connectivity index (χ3v) is 5.88. The van der Waals surface area contributed by atoms with Crippen LogP contribution in [0.25, 0.3) is 28.0 Å². The number of amides is 2. The number of rotatable bonds is 5. The Labute approximate surface area is 190 Å². The van der Waals surface area contributed by atoms with E-state index in [9.17, 15) is 9.59 Å². The quantitative estimate of drug-likeness (QED) is 0.459. The summed E-state index contributed by atoms with van der Waals surface area (Å²) in [7, 11) is 0. The fourth-order valence-electron chi connectivity index (χ4n) is 4.17. The average molecular weight is 441 g/mol. The standard InChI is InChI=1S/C24H23N7O2/c25-22-20-21(16-4-6-17(7-5-16)24(33)30-12-2-1-3-13-30)29-31(23(20)27-14-26-22)19-10-8-18(9-11-19)28-15-32/h4-11,14-15H,1-3,12-13H2,(H,28,32)(H2,25,26,27). The minimum atomic E-state index is 0.0588. The van der Waals surface area contributed by atoms with E-state index in [1.54, 1.807) is 16.8 Å². The maximum Gasteiger partial charge on any atom is 0.253 e. The number of hydrogen-bond acceptors (Lipinski definition) is 6. The van der Waals surface area contributed by atoms with Crippen molar-refractivity contribution in [3.63, 3.8) is 0 Å². The first-order chi connectivity index (χ1) is 16.2. The molecular weight excluding hydrogens is 418 g/mol. The molecule has 1 aliphatic rings. The van der Waals surface area contributed by atoms with Gasteiger partial charge in [0.2, 0.25) is 6.41 Å². The van der Waals surface area contributed by atoms with Crippen molar-refractivity contribution in [2.45, 2.75) is 19.3 Å². The molecule has 1 fully saturated rings. The number of aromatic nitrogens is 4. The minimum Gasteiger partial charge on any atom is -0.383 e. The van der Waals surface area contributed by atoms with Crippen molar-refractivity contribution in [1.82, 2.24) is 24.6 Å². The number of carbonyl (C=O) groups excluding carboxylic acids is 2. The second-order valence-electron chi connectivity index (χ2n) is 7.96. The highest BCUT2D eigenvalue weighted by atomic mass is 16.2. The number of carbonyl (C=O) groups is 2. The molecule has 1 aliphatic heterocycles. The highest BCUT2D eigenvalue weighted by molar-refractivity contribution is 6.00. The average Bonchev–Trinajstić information content (AvgIpc) is 3.26. The molecule has 0 aliphatic carbocycles. The Bertz CT molecular complexity index is 1310. The van der Waals surface area contributed by atoms with Gasteiger partial charge in [-0.1, -0.05) is 12.1 Å². The Kier molecular flexibility index (Phi) is 5.43. The van der Waals surface area contributed by atoms with E-state index in [-0.39, 0.29) is 5.91 Å². The van der Waals surface area contributed by atoms with Crippen molar-refractivity contribution in [2.24, 2.45) is 0 Å². The molecule has 166 valence electrons. The molecule has 1 saturated heterocycles. The fraction of sp³-hybridized carbons (Fsp3) is 0.208. The summed E-state index contributed by atoms with van der Waals surface area (Å²) in [5.74, 6) is 0.387. The van der Waals surface area contributed by atoms with E-state index in [4.69, 9.17) is 10.8 Å². The van der Waals surface area contributed by atoms with E-state index >= 15 is 0 Å². The van der Waals surface area contributed by atoms with Crippen molar-refractivity contribution >= 4 is 34.9 Å². The van der Waals surface area contributed by atoms with Crippen molar-refractivity contribution in [1.29, 1.82) is 0 Å². The second-order valence-corrected chi connectivity index (χ2v) is 7.96. The van der Waals surface area contributed by atoms with E-state index in [1.165, 1.54) is 12.7 Å². The van der Waals surface area contributed by atoms with Gasteiger partial charge in [0, 0.05) is 29.9 Å². The summed E-state index contributed by atoms with van der Waals surface area (Å²) in [5.41, 5.74) is 10.3. The van der Waals surface area contributed by atoms with Gasteiger partial charge in [-0.3, -0.25) is 9.59 Å². The number of nitrogens with one attached hydrogen (secondary N) is 1. The molecule has 0 spiro atoms. The van der Waals surface area contributed by atoms with Crippen molar-refractivity contribution < 1.29 is 9.59 Å². The first-order valence-electron chi connectivity index (χ1n) is 10.9. The Hall–Kier alpha value is -4.27. The van der Waals surface area contributed by atoms with Crippen LogP contribution in [0.1, 0.15) is 29.6 Å². The van der Waals surface area contributed by atoms with Crippen LogP contribution in [0, 0.1) is 0 Å². The maximum absolute atomic E-state index is 12.8. The molecule has 5 rings (SSSR count). The van der Waals surface area contributed by atoms with Gasteiger partial charge < -0.3 is 16.0 Å². The van der Waals surface area contributed by atoms with E-state index in [2.05, 4.69) is 15.3 Å². The molecule has 3 heterocycles. The number of nitrogens with two attached hydrogens (primary N) is 1. The molecule has 2 aromatic carbocycles. The van der Waals surface area contributed by atoms with Gasteiger partial charge >= 0.3 is 0 Å². The van der Waals surface area contributed by atoms with E-state index < -0.39 is 0 Å². The zero-order chi connectivity index (χ0) is 22.8. The molecule has 0 bridgehead atoms. The predicted octanol–water partition coefficient (Wildman–Crippen LogP) is 3.26. The number of fused-ring (bicyclic) bond motifs is 1. The summed E-state index contributed by atoms with van der Waals surface area (Å²) in [6.45, 7) is 1.62. The number of hydrogen-bond donors (Lipinski definition) is 2. The summed E-state index contributed by atoms with van der Waals surface area (Å²) < 4.78 is 1.69. The van der Waals surface area contributed by atoms with Crippen LogP contribution in [0.5, 0.6) is 0 Å². The summed E-state index contributed by atoms with van der Waals surface area (Å²) in [6.07, 6.45) is 5.32. The van der Waals surface area contributed by atoms with E-state index in [0.29, 0.717) is 40.2 Å². The largest absolute Gasteiger partial charge is 0.383 e. The molecule has 0 unspecified atom stereocenters. The molecule has 9 heteroatoms. The zero-order valence-electron chi connectivity index (χ0n) is 17.9. The first-order valence-corrected chi connectivity index (χ1v) is 10.9. The molecule has 33 heavy (non-hydrogen) atoms. The van der Waals surface area contributed by atoms with E-state index in [1.807, 2.05) is 41.3 Å². The lowest BCUT2D eigenvalue weighted by molar-refractivity contribution is -0.105. The van der Waals surface area contributed by atoms with Gasteiger partial charge in [0.15, 0.2) is 5.65 Å². The van der Waals surface area contributed by atoms with Crippen molar-refractivity contribution in [3.05, 3.63) is 60.4 Å². The van der Waals surface area contributed by atoms with Crippen LogP contribution in [-0.2, 0) is 4.79 Å². The number of nitrogen functional groups attached to an aromatic ring is 1. The van der Waals surface area contributed by atoms with Crippen molar-refractivity contribution in [3.8, 4) is 16.9 Å². The lowest BCUT2D eigenvalue weighted by Crippen LogP contribution is -2.35. The molecule has 4 aromatic rings. The SMILES string of the molecule is Nc1ncnc2c1c(-c1ccc(C(=O)N3CCCCC3)cc1)nn2-c1ccc(NC=O)cc1. The maximum atomic E-state index is 12.8. The number of anilines is 2. The highest BCUT2D eigenvalue weighted by Gasteiger charge is 2.20. The molecule has 2 aromatic heterocycles. The van der Waals surface area contributed by atoms with Gasteiger partial charge in [0.25, 0.3) is 5.91 Å². The Morgan fingerprint density at radius 1 is 0.970 bits per heavy atom. The summed E-state index contributed by atoms with van der Waals surface area (Å²) in [4.78, 5) is 34.0. The molecular formula is C24H23N7O2. The van der Waals surface area contributed by atoms with Crippen LogP contribution in [0.15, 0.2) is 54.9 Å². The van der Waals surface area contributed by atoms with Crippen LogP contribution in [0.2, 0.25) is 0 Å². The third kappa shape index (κ3) is 3.89. The zero-order valence-corrected chi connectivity index (χ0v) is 17.9. The lowest BCUT2D eigenvalue weighted by Gasteiger charge is -2.26. The monoisotopic (exact) mass is 441 g/mol. The summed E-state index contributed by atoms with van der Waals surface area (Å²) in [5, 5.41) is 8.04. The van der Waals surface area contributed by atoms with Gasteiger partial charge in [-0.15, -0.1) is 0 Å². The molecule has 2 amide bonds. The first kappa shape index (κ1) is 20.6. The number of piperidine rings is 1. The van der Waals surface area contributed by atoms with Crippen molar-refractivity contribution in [2.75, 3.05) is 24.1 Å². The second kappa shape index (κ2) is 8.70. The topological polar surface area (TPSA) is 119 Å². The van der Waals surface area contributed by atoms with Gasteiger partial charge in [0.1, 0.15) is 17.8 Å². The Balaban J connectivity index is 1.53. The van der Waals surface area contributed by atoms with Crippen LogP contribution < -0.4 is 11.1 Å². The minimum absolute atomic E-state index is 0.0588. The molecule has 3 N–H and O–H groups in total. The molecule has 0 saturated carbocycles. The Morgan fingerprint density at radius 2 is 1.70 bits per heavy atom. The molecule has 0 radical (unpaired) electrons. The van der Waals surface area contributed by atoms with Gasteiger partial charge in [-0.25, -0.2) is 14.6 Å². The number of nitrogens with zero attached hydrogens (tertiary/aromatic N) is 5. The number of benzene rings is 2. The van der Waals surface area contributed by atoms with E-state index in [0.717, 1.165) is 37.2 Å². The van der Waals surface area contributed by atoms with Gasteiger partial charge in [-0.05, 0) is 55.7 Å². The lowest BCUT2D eigenvalue weighted by atomic mass is 10.0. The predicted molar refractivity (Wildman–Crippen MR) is 126 cm³/mol. The fourth-order valence-corrected chi connectivity index (χ4v) is 4.17. The summed E-state index contributed by atoms with van der Waals surface area (Å²) in [6, 6.07) is 14.7. The normalized spacial score (nSPS) is 13.8. The van der Waals surface area contributed by atoms with Crippen LogP contribution in [0.3, 0.4) is 0 Å². The summed E-state index contributed by atoms with van der Waals surface area (Å²) >= 11 is 0. The van der Waals surface area contributed by atoms with Crippen LogP contribution in [0.4, 0.5) is 11.5 Å². The van der Waals surface area contributed by atoms with Gasteiger partial charge in [-0.2, -0.15) is 5.10 Å². The van der Waals surface area contributed by atoms with Crippen LogP contribution in [-0.4, -0.2) is 50.1 Å². The molecule has 0 atom stereocenters. The highest BCUT2D eigenvalue weighted by Crippen LogP contribution is 2.32.